The fraction of sp³-hybridized carbons (Fsp3) is 0.417. The van der Waals surface area contributed by atoms with Crippen LogP contribution >= 0.6 is 0 Å². The summed E-state index contributed by atoms with van der Waals surface area (Å²) in [5.74, 6) is 0.986. The van der Waals surface area contributed by atoms with Gasteiger partial charge in [-0.2, -0.15) is 0 Å². The number of carbonyl (C=O) groups excluding carboxylic acids is 1. The Hall–Kier alpha value is -1.95. The molecule has 94 valence electrons. The summed E-state index contributed by atoms with van der Waals surface area (Å²) in [6, 6.07) is 3.43. The van der Waals surface area contributed by atoms with E-state index in [0.29, 0.717) is 17.1 Å². The van der Waals surface area contributed by atoms with Crippen LogP contribution in [0.1, 0.15) is 28.5 Å². The predicted octanol–water partition coefficient (Wildman–Crippen LogP) is 0.593. The number of hydrogen-bond donors (Lipinski definition) is 1. The summed E-state index contributed by atoms with van der Waals surface area (Å²) in [4.78, 5) is 11.4. The maximum Gasteiger partial charge on any atom is 0.338 e. The first-order valence-corrected chi connectivity index (χ1v) is 5.93. The van der Waals surface area contributed by atoms with Gasteiger partial charge in [0.05, 0.1) is 12.7 Å². The zero-order valence-electron chi connectivity index (χ0n) is 10.1. The van der Waals surface area contributed by atoms with Crippen molar-refractivity contribution >= 4 is 11.6 Å². The Morgan fingerprint density at radius 1 is 1.56 bits per heavy atom. The molecule has 0 radical (unpaired) electrons. The lowest BCUT2D eigenvalue weighted by Crippen LogP contribution is -2.10. The highest BCUT2D eigenvalue weighted by molar-refractivity contribution is 5.90. The summed E-state index contributed by atoms with van der Waals surface area (Å²) in [5, 5.41) is 11.7. The third-order valence-corrected chi connectivity index (χ3v) is 3.28. The molecule has 1 aliphatic rings. The van der Waals surface area contributed by atoms with Crippen LogP contribution in [0, 0.1) is 0 Å². The zero-order valence-corrected chi connectivity index (χ0v) is 10.1. The van der Waals surface area contributed by atoms with E-state index in [4.69, 9.17) is 0 Å². The van der Waals surface area contributed by atoms with Crippen molar-refractivity contribution in [3.63, 3.8) is 0 Å². The van der Waals surface area contributed by atoms with E-state index in [2.05, 4.69) is 20.3 Å². The number of pyridine rings is 1. The lowest BCUT2D eigenvalue weighted by Gasteiger charge is -2.06. The largest absolute Gasteiger partial charge is 0.465 e. The van der Waals surface area contributed by atoms with E-state index in [1.807, 2.05) is 10.6 Å². The Bertz CT molecular complexity index is 587. The van der Waals surface area contributed by atoms with E-state index in [0.717, 1.165) is 25.3 Å². The molecule has 18 heavy (non-hydrogen) atoms. The van der Waals surface area contributed by atoms with Crippen molar-refractivity contribution in [2.75, 3.05) is 20.2 Å². The Morgan fingerprint density at radius 3 is 3.17 bits per heavy atom. The maximum absolute atomic E-state index is 11.4. The van der Waals surface area contributed by atoms with Crippen LogP contribution in [0.5, 0.6) is 0 Å². The molecule has 1 atom stereocenters. The SMILES string of the molecule is COC(=O)c1ccn2c(C3CCNC3)nnc2c1. The summed E-state index contributed by atoms with van der Waals surface area (Å²) < 4.78 is 6.62. The van der Waals surface area contributed by atoms with Crippen LogP contribution in [0.4, 0.5) is 0 Å². The molecule has 0 spiro atoms. The normalized spacial score (nSPS) is 19.3. The molecule has 0 saturated carbocycles. The molecule has 6 nitrogen and oxygen atoms in total. The molecule has 1 saturated heterocycles. The van der Waals surface area contributed by atoms with E-state index in [9.17, 15) is 4.79 Å². The number of ether oxygens (including phenoxy) is 1. The van der Waals surface area contributed by atoms with Crippen LogP contribution in [0.2, 0.25) is 0 Å². The quantitative estimate of drug-likeness (QED) is 0.785. The lowest BCUT2D eigenvalue weighted by atomic mass is 10.1. The van der Waals surface area contributed by atoms with E-state index in [-0.39, 0.29) is 5.97 Å². The number of esters is 1. The molecule has 1 fully saturated rings. The van der Waals surface area contributed by atoms with Gasteiger partial charge in [0.15, 0.2) is 5.65 Å². The summed E-state index contributed by atoms with van der Waals surface area (Å²) in [6.45, 7) is 1.94. The first-order chi connectivity index (χ1) is 8.79. The fourth-order valence-corrected chi connectivity index (χ4v) is 2.31. The fourth-order valence-electron chi connectivity index (χ4n) is 2.31. The third kappa shape index (κ3) is 1.74. The van der Waals surface area contributed by atoms with Gasteiger partial charge in [0, 0.05) is 18.7 Å². The second kappa shape index (κ2) is 4.38. The highest BCUT2D eigenvalue weighted by Crippen LogP contribution is 2.21. The molecule has 1 N–H and O–H groups in total. The van der Waals surface area contributed by atoms with Gasteiger partial charge in [0.25, 0.3) is 0 Å². The average molecular weight is 246 g/mol. The number of hydrogen-bond acceptors (Lipinski definition) is 5. The van der Waals surface area contributed by atoms with Gasteiger partial charge in [-0.05, 0) is 25.1 Å². The van der Waals surface area contributed by atoms with Crippen molar-refractivity contribution in [3.8, 4) is 0 Å². The molecule has 1 unspecified atom stereocenters. The van der Waals surface area contributed by atoms with Crippen molar-refractivity contribution in [2.45, 2.75) is 12.3 Å². The molecular weight excluding hydrogens is 232 g/mol. The second-order valence-corrected chi connectivity index (χ2v) is 4.38. The van der Waals surface area contributed by atoms with Crippen LogP contribution in [-0.4, -0.2) is 40.8 Å². The molecule has 2 aromatic rings. The first-order valence-electron chi connectivity index (χ1n) is 5.93. The molecule has 6 heteroatoms. The Kier molecular flexibility index (Phi) is 2.71. The van der Waals surface area contributed by atoms with E-state index in [1.54, 1.807) is 12.1 Å². The first kappa shape index (κ1) is 11.2. The smallest absolute Gasteiger partial charge is 0.338 e. The highest BCUT2D eigenvalue weighted by atomic mass is 16.5. The third-order valence-electron chi connectivity index (χ3n) is 3.28. The average Bonchev–Trinajstić information content (AvgIpc) is 3.05. The topological polar surface area (TPSA) is 68.5 Å². The van der Waals surface area contributed by atoms with E-state index >= 15 is 0 Å². The molecular formula is C12H14N4O2. The molecule has 2 aromatic heterocycles. The number of nitrogens with one attached hydrogen (secondary N) is 1. The zero-order chi connectivity index (χ0) is 12.5. The van der Waals surface area contributed by atoms with Crippen LogP contribution in [-0.2, 0) is 4.74 Å². The molecule has 0 amide bonds. The van der Waals surface area contributed by atoms with Gasteiger partial charge in [0.1, 0.15) is 5.82 Å². The van der Waals surface area contributed by atoms with Crippen molar-refractivity contribution in [1.29, 1.82) is 0 Å². The van der Waals surface area contributed by atoms with Crippen LogP contribution in [0.25, 0.3) is 5.65 Å². The molecule has 1 aliphatic heterocycles. The number of nitrogens with zero attached hydrogens (tertiary/aromatic N) is 3. The summed E-state index contributed by atoms with van der Waals surface area (Å²) in [7, 11) is 1.37. The van der Waals surface area contributed by atoms with E-state index < -0.39 is 0 Å². The minimum Gasteiger partial charge on any atom is -0.465 e. The second-order valence-electron chi connectivity index (χ2n) is 4.38. The number of fused-ring (bicyclic) bond motifs is 1. The number of aromatic nitrogens is 3. The van der Waals surface area contributed by atoms with Crippen molar-refractivity contribution in [3.05, 3.63) is 29.7 Å². The number of methoxy groups -OCH3 is 1. The molecule has 0 bridgehead atoms. The van der Waals surface area contributed by atoms with Crippen LogP contribution in [0.15, 0.2) is 18.3 Å². The number of rotatable bonds is 2. The standard InChI is InChI=1S/C12H14N4O2/c1-18-12(17)8-3-5-16-10(6-8)14-15-11(16)9-2-4-13-7-9/h3,5-6,9,13H,2,4,7H2,1H3. The van der Waals surface area contributed by atoms with Gasteiger partial charge in [0.2, 0.25) is 0 Å². The van der Waals surface area contributed by atoms with Gasteiger partial charge < -0.3 is 10.1 Å². The Morgan fingerprint density at radius 2 is 2.44 bits per heavy atom. The minimum atomic E-state index is -0.357. The van der Waals surface area contributed by atoms with Crippen LogP contribution < -0.4 is 5.32 Å². The monoisotopic (exact) mass is 246 g/mol. The maximum atomic E-state index is 11.4. The van der Waals surface area contributed by atoms with Crippen molar-refractivity contribution < 1.29 is 9.53 Å². The molecule has 0 aliphatic carbocycles. The van der Waals surface area contributed by atoms with Crippen LogP contribution in [0.3, 0.4) is 0 Å². The summed E-state index contributed by atoms with van der Waals surface area (Å²) >= 11 is 0. The Balaban J connectivity index is 2.02. The summed E-state index contributed by atoms with van der Waals surface area (Å²) in [5.41, 5.74) is 1.17. The van der Waals surface area contributed by atoms with Crippen molar-refractivity contribution in [1.82, 2.24) is 19.9 Å². The molecule has 0 aromatic carbocycles. The van der Waals surface area contributed by atoms with Crippen molar-refractivity contribution in [2.24, 2.45) is 0 Å². The van der Waals surface area contributed by atoms with Gasteiger partial charge in [-0.1, -0.05) is 0 Å². The Labute approximate surface area is 104 Å². The van der Waals surface area contributed by atoms with E-state index in [1.165, 1.54) is 7.11 Å². The van der Waals surface area contributed by atoms with Gasteiger partial charge in [-0.25, -0.2) is 4.79 Å². The lowest BCUT2D eigenvalue weighted by molar-refractivity contribution is 0.0600. The summed E-state index contributed by atoms with van der Waals surface area (Å²) in [6.07, 6.45) is 2.90. The van der Waals surface area contributed by atoms with Gasteiger partial charge in [-0.3, -0.25) is 4.40 Å². The molecule has 3 rings (SSSR count). The van der Waals surface area contributed by atoms with Gasteiger partial charge in [-0.15, -0.1) is 10.2 Å². The predicted molar refractivity (Wildman–Crippen MR) is 64.6 cm³/mol. The van der Waals surface area contributed by atoms with Gasteiger partial charge >= 0.3 is 5.97 Å². The highest BCUT2D eigenvalue weighted by Gasteiger charge is 2.22. The minimum absolute atomic E-state index is 0.357. The molecule has 3 heterocycles. The number of carbonyl (C=O) groups is 1.